The third-order valence-corrected chi connectivity index (χ3v) is 0.581. The number of aromatic amines is 1. The molecule has 58 valence electrons. The zero-order valence-electron chi connectivity index (χ0n) is 5.32. The third kappa shape index (κ3) is 12.8. The minimum absolute atomic E-state index is 0. The van der Waals surface area contributed by atoms with Gasteiger partial charge in [0, 0.05) is 12.4 Å². The van der Waals surface area contributed by atoms with Crippen molar-refractivity contribution in [3.8, 4) is 0 Å². The monoisotopic (exact) mass is 167 g/mol. The summed E-state index contributed by atoms with van der Waals surface area (Å²) < 4.78 is 0. The molecule has 0 aliphatic heterocycles. The Morgan fingerprint density at radius 3 is 2.36 bits per heavy atom. The summed E-state index contributed by atoms with van der Waals surface area (Å²) in [6, 6.07) is 0. The van der Waals surface area contributed by atoms with Crippen molar-refractivity contribution in [2.75, 3.05) is 6.54 Å². The van der Waals surface area contributed by atoms with Crippen molar-refractivity contribution in [3.63, 3.8) is 0 Å². The number of H-pyrrole nitrogens is 1. The van der Waals surface area contributed by atoms with Crippen LogP contribution in [-0.4, -0.2) is 57.1 Å². The second-order valence-corrected chi connectivity index (χ2v) is 1.36. The number of aliphatic carboxylic acids is 1. The molecule has 0 aliphatic carbocycles. The minimum Gasteiger partial charge on any atom is -0.351 e. The molecule has 0 saturated carbocycles. The van der Waals surface area contributed by atoms with Gasteiger partial charge in [-0.15, -0.1) is 0 Å². The van der Waals surface area contributed by atoms with E-state index < -0.39 is 5.97 Å². The number of imidazole rings is 1. The molecule has 0 fully saturated rings. The van der Waals surface area contributed by atoms with E-state index in [4.69, 9.17) is 5.11 Å². The first-order valence-corrected chi connectivity index (χ1v) is 2.62. The van der Waals surface area contributed by atoms with Crippen LogP contribution in [0.3, 0.4) is 0 Å². The van der Waals surface area contributed by atoms with Gasteiger partial charge in [-0.25, -0.2) is 4.98 Å². The molecule has 0 aromatic carbocycles. The molecular formula is C5H10N3NaO2. The zero-order valence-corrected chi connectivity index (χ0v) is 5.32. The number of nitrogens with zero attached hydrogens (tertiary/aromatic N) is 1. The summed E-state index contributed by atoms with van der Waals surface area (Å²) in [6.07, 6.45) is 5.08. The van der Waals surface area contributed by atoms with E-state index in [1.54, 1.807) is 18.7 Å². The van der Waals surface area contributed by atoms with Gasteiger partial charge in [-0.3, -0.25) is 4.79 Å². The third-order valence-electron chi connectivity index (χ3n) is 0.581. The summed E-state index contributed by atoms with van der Waals surface area (Å²) in [5.74, 6) is -0.968. The summed E-state index contributed by atoms with van der Waals surface area (Å²) in [5, 5.41) is 7.60. The number of rotatable bonds is 1. The van der Waals surface area contributed by atoms with Crippen LogP contribution >= 0.6 is 0 Å². The van der Waals surface area contributed by atoms with Crippen LogP contribution < -0.4 is 5.73 Å². The number of carbonyl (C=O) groups is 1. The molecule has 0 amide bonds. The van der Waals surface area contributed by atoms with Crippen molar-refractivity contribution < 1.29 is 9.90 Å². The van der Waals surface area contributed by atoms with Gasteiger partial charge in [0.15, 0.2) is 0 Å². The quantitative estimate of drug-likeness (QED) is 0.457. The van der Waals surface area contributed by atoms with E-state index in [9.17, 15) is 4.79 Å². The number of nitrogens with two attached hydrogens (primary N) is 1. The van der Waals surface area contributed by atoms with E-state index in [0.717, 1.165) is 0 Å². The number of hydrogen-bond donors (Lipinski definition) is 3. The van der Waals surface area contributed by atoms with Crippen molar-refractivity contribution in [3.05, 3.63) is 18.7 Å². The smallest absolute Gasteiger partial charge is 0.0919 e. The standard InChI is InChI=1S/C3H4N2.C2H5NO2.Na.H/c1-2-5-3-4-1;3-1-2(4)5;;/h1-3H,(H,4,5);1,3H2,(H,4,5);;. The topological polar surface area (TPSA) is 92.0 Å². The fourth-order valence-corrected chi connectivity index (χ4v) is 0.215. The number of hydrogen-bond acceptors (Lipinski definition) is 3. The Kier molecular flexibility index (Phi) is 11.6. The SMILES string of the molecule is NCC(=O)O.[NaH].c1c[nH]cn1. The maximum Gasteiger partial charge on any atom is 0.0919 e. The Hall–Kier alpha value is -0.360. The molecule has 11 heavy (non-hydrogen) atoms. The summed E-state index contributed by atoms with van der Waals surface area (Å²) in [5.41, 5.74) is 4.57. The first-order chi connectivity index (χ1) is 4.77. The molecule has 0 atom stereocenters. The van der Waals surface area contributed by atoms with Gasteiger partial charge in [-0.1, -0.05) is 0 Å². The minimum atomic E-state index is -0.968. The molecule has 4 N–H and O–H groups in total. The van der Waals surface area contributed by atoms with Gasteiger partial charge in [-0.2, -0.15) is 0 Å². The first kappa shape index (κ1) is 13.2. The number of nitrogens with one attached hydrogen (secondary N) is 1. The average molecular weight is 167 g/mol. The molecule has 0 bridgehead atoms. The fourth-order valence-electron chi connectivity index (χ4n) is 0.215. The molecule has 1 heterocycles. The Labute approximate surface area is 86.3 Å². The molecule has 6 heteroatoms. The van der Waals surface area contributed by atoms with E-state index in [1.807, 2.05) is 0 Å². The van der Waals surface area contributed by atoms with Gasteiger partial charge in [0.2, 0.25) is 0 Å². The maximum absolute atomic E-state index is 9.24. The molecular weight excluding hydrogens is 157 g/mol. The molecule has 0 radical (unpaired) electrons. The van der Waals surface area contributed by atoms with Crippen LogP contribution in [0.5, 0.6) is 0 Å². The molecule has 0 spiro atoms. The first-order valence-electron chi connectivity index (χ1n) is 2.62. The second-order valence-electron chi connectivity index (χ2n) is 1.36. The van der Waals surface area contributed by atoms with Gasteiger partial charge in [-0.05, 0) is 0 Å². The van der Waals surface area contributed by atoms with E-state index in [0.29, 0.717) is 0 Å². The Balaban J connectivity index is 0. The van der Waals surface area contributed by atoms with Gasteiger partial charge in [0.05, 0.1) is 12.9 Å². The normalized spacial score (nSPS) is 7.00. The van der Waals surface area contributed by atoms with E-state index in [-0.39, 0.29) is 36.1 Å². The molecule has 5 nitrogen and oxygen atoms in total. The second kappa shape index (κ2) is 9.64. The molecule has 1 aromatic heterocycles. The summed E-state index contributed by atoms with van der Waals surface area (Å²) in [6.45, 7) is -0.278. The van der Waals surface area contributed by atoms with Crippen LogP contribution in [0.15, 0.2) is 18.7 Å². The van der Waals surface area contributed by atoms with E-state index >= 15 is 0 Å². The van der Waals surface area contributed by atoms with Crippen molar-refractivity contribution in [2.45, 2.75) is 0 Å². The number of carboxylic acid groups (broad SMARTS) is 1. The van der Waals surface area contributed by atoms with Crippen molar-refractivity contribution in [1.82, 2.24) is 9.97 Å². The van der Waals surface area contributed by atoms with Gasteiger partial charge in [0.1, 0.15) is 0 Å². The molecule has 0 unspecified atom stereocenters. The predicted molar refractivity (Wildman–Crippen MR) is 42.4 cm³/mol. The predicted octanol–water partition coefficient (Wildman–Crippen LogP) is -1.21. The molecule has 0 saturated heterocycles. The van der Waals surface area contributed by atoms with Crippen LogP contribution in [0.4, 0.5) is 0 Å². The van der Waals surface area contributed by atoms with Crippen molar-refractivity contribution >= 4 is 35.5 Å². The van der Waals surface area contributed by atoms with E-state index in [1.165, 1.54) is 0 Å². The number of carboxylic acids is 1. The molecule has 0 aliphatic rings. The van der Waals surface area contributed by atoms with Crippen LogP contribution in [-0.2, 0) is 4.79 Å². The molecule has 1 aromatic rings. The Morgan fingerprint density at radius 1 is 1.73 bits per heavy atom. The Bertz CT molecular complexity index is 149. The van der Waals surface area contributed by atoms with Crippen LogP contribution in [0, 0.1) is 0 Å². The van der Waals surface area contributed by atoms with Crippen molar-refractivity contribution in [1.29, 1.82) is 0 Å². The number of aromatic nitrogens is 2. The fraction of sp³-hybridized carbons (Fsp3) is 0.200. The van der Waals surface area contributed by atoms with Crippen LogP contribution in [0.25, 0.3) is 0 Å². The van der Waals surface area contributed by atoms with Crippen LogP contribution in [0.2, 0.25) is 0 Å². The summed E-state index contributed by atoms with van der Waals surface area (Å²) in [4.78, 5) is 15.7. The molecule has 1 rings (SSSR count). The zero-order chi connectivity index (χ0) is 7.82. The summed E-state index contributed by atoms with van der Waals surface area (Å²) >= 11 is 0. The summed E-state index contributed by atoms with van der Waals surface area (Å²) in [7, 11) is 0. The van der Waals surface area contributed by atoms with Gasteiger partial charge in [0.25, 0.3) is 0 Å². The van der Waals surface area contributed by atoms with Gasteiger partial charge < -0.3 is 15.8 Å². The van der Waals surface area contributed by atoms with E-state index in [2.05, 4.69) is 15.7 Å². The average Bonchev–Trinajstić information content (AvgIpc) is 2.43. The van der Waals surface area contributed by atoms with Crippen LogP contribution in [0.1, 0.15) is 0 Å². The largest absolute Gasteiger partial charge is 0.351 e. The van der Waals surface area contributed by atoms with Gasteiger partial charge >= 0.3 is 35.5 Å². The van der Waals surface area contributed by atoms with Crippen molar-refractivity contribution in [2.24, 2.45) is 5.73 Å². The Morgan fingerprint density at radius 2 is 2.27 bits per heavy atom. The maximum atomic E-state index is 9.24.